The molecule has 1 aliphatic heterocycles. The van der Waals surface area contributed by atoms with Crippen molar-refractivity contribution in [3.63, 3.8) is 0 Å². The fraction of sp³-hybridized carbons (Fsp3) is 0.467. The van der Waals surface area contributed by atoms with Gasteiger partial charge in [0, 0.05) is 13.6 Å². The predicted molar refractivity (Wildman–Crippen MR) is 81.2 cm³/mol. The second kappa shape index (κ2) is 6.47. The third kappa shape index (κ3) is 3.09. The van der Waals surface area contributed by atoms with Gasteiger partial charge in [0.2, 0.25) is 5.91 Å². The van der Waals surface area contributed by atoms with Gasteiger partial charge in [0.15, 0.2) is 0 Å². The highest BCUT2D eigenvalue weighted by molar-refractivity contribution is 5.93. The van der Waals surface area contributed by atoms with Crippen LogP contribution in [0.5, 0.6) is 0 Å². The summed E-state index contributed by atoms with van der Waals surface area (Å²) in [5.74, 6) is -0.442. The Labute approximate surface area is 124 Å². The van der Waals surface area contributed by atoms with E-state index in [0.29, 0.717) is 16.9 Å². The lowest BCUT2D eigenvalue weighted by atomic mass is 9.99. The van der Waals surface area contributed by atoms with Crippen LogP contribution in [0.1, 0.15) is 29.6 Å². The van der Waals surface area contributed by atoms with E-state index in [1.165, 1.54) is 7.11 Å². The molecule has 1 fully saturated rings. The smallest absolute Gasteiger partial charge is 0.337 e. The molecule has 1 aromatic rings. The lowest BCUT2D eigenvalue weighted by Crippen LogP contribution is -2.49. The first kappa shape index (κ1) is 15.2. The predicted octanol–water partition coefficient (Wildman–Crippen LogP) is 1.16. The van der Waals surface area contributed by atoms with Crippen molar-refractivity contribution < 1.29 is 14.3 Å². The first-order chi connectivity index (χ1) is 10.1. The van der Waals surface area contributed by atoms with Crippen LogP contribution in [0.3, 0.4) is 0 Å². The number of esters is 1. The van der Waals surface area contributed by atoms with E-state index in [2.05, 4.69) is 5.32 Å². The highest BCUT2D eigenvalue weighted by Gasteiger charge is 2.29. The summed E-state index contributed by atoms with van der Waals surface area (Å²) < 4.78 is 4.74. The highest BCUT2D eigenvalue weighted by atomic mass is 16.5. The molecule has 1 atom stereocenters. The Kier molecular flexibility index (Phi) is 4.67. The van der Waals surface area contributed by atoms with Gasteiger partial charge in [-0.05, 0) is 37.5 Å². The number of likely N-dealkylation sites (N-methyl/N-ethyl adjacent to an activating group) is 1. The first-order valence-electron chi connectivity index (χ1n) is 7.04. The van der Waals surface area contributed by atoms with E-state index in [1.807, 2.05) is 4.90 Å². The van der Waals surface area contributed by atoms with E-state index >= 15 is 0 Å². The maximum Gasteiger partial charge on any atom is 0.337 e. The van der Waals surface area contributed by atoms with Crippen LogP contribution < -0.4 is 16.0 Å². The number of carbonyl (C=O) groups is 2. The number of piperidine rings is 1. The van der Waals surface area contributed by atoms with E-state index < -0.39 is 5.97 Å². The number of nitrogens with two attached hydrogens (primary N) is 1. The van der Waals surface area contributed by atoms with Crippen molar-refractivity contribution >= 4 is 23.3 Å². The van der Waals surface area contributed by atoms with E-state index in [0.717, 1.165) is 25.8 Å². The van der Waals surface area contributed by atoms with Crippen LogP contribution in [-0.2, 0) is 9.53 Å². The standard InChI is InChI=1S/C15H21N3O3/c1-17-14(19)12-5-3-4-8-18(12)13-9-10(15(20)21-2)6-7-11(13)16/h6-7,9,12H,3-5,8,16H2,1-2H3,(H,17,19). The first-order valence-corrected chi connectivity index (χ1v) is 7.04. The van der Waals surface area contributed by atoms with Gasteiger partial charge in [0.1, 0.15) is 6.04 Å². The normalized spacial score (nSPS) is 18.2. The van der Waals surface area contributed by atoms with Crippen molar-refractivity contribution in [2.75, 3.05) is 31.3 Å². The van der Waals surface area contributed by atoms with Crippen LogP contribution in [0, 0.1) is 0 Å². The molecule has 6 nitrogen and oxygen atoms in total. The molecule has 0 spiro atoms. The molecule has 1 aliphatic rings. The summed E-state index contributed by atoms with van der Waals surface area (Å²) in [6.45, 7) is 0.743. The fourth-order valence-electron chi connectivity index (χ4n) is 2.70. The summed E-state index contributed by atoms with van der Waals surface area (Å²) in [6, 6.07) is 4.75. The van der Waals surface area contributed by atoms with Gasteiger partial charge < -0.3 is 20.7 Å². The molecule has 114 valence electrons. The summed E-state index contributed by atoms with van der Waals surface area (Å²) in [4.78, 5) is 25.7. The van der Waals surface area contributed by atoms with Crippen LogP contribution in [0.4, 0.5) is 11.4 Å². The molecule has 1 unspecified atom stereocenters. The SMILES string of the molecule is CNC(=O)C1CCCCN1c1cc(C(=O)OC)ccc1N. The van der Waals surface area contributed by atoms with E-state index in [9.17, 15) is 9.59 Å². The van der Waals surface area contributed by atoms with Gasteiger partial charge in [-0.3, -0.25) is 4.79 Å². The number of nitrogen functional groups attached to an aromatic ring is 1. The van der Waals surface area contributed by atoms with Crippen molar-refractivity contribution in [3.8, 4) is 0 Å². The maximum atomic E-state index is 12.1. The molecule has 21 heavy (non-hydrogen) atoms. The van der Waals surface area contributed by atoms with E-state index in [-0.39, 0.29) is 11.9 Å². The molecular formula is C15H21N3O3. The third-order valence-electron chi connectivity index (χ3n) is 3.81. The van der Waals surface area contributed by atoms with Gasteiger partial charge in [0.25, 0.3) is 0 Å². The molecule has 1 aromatic carbocycles. The van der Waals surface area contributed by atoms with Crippen LogP contribution >= 0.6 is 0 Å². The maximum absolute atomic E-state index is 12.1. The number of methoxy groups -OCH3 is 1. The number of ether oxygens (including phenoxy) is 1. The average molecular weight is 291 g/mol. The molecule has 0 aromatic heterocycles. The molecule has 1 amide bonds. The molecule has 1 saturated heterocycles. The van der Waals surface area contributed by atoms with Gasteiger partial charge >= 0.3 is 5.97 Å². The molecule has 1 heterocycles. The Morgan fingerprint density at radius 2 is 2.14 bits per heavy atom. The van der Waals surface area contributed by atoms with Crippen LogP contribution in [0.25, 0.3) is 0 Å². The number of nitrogens with one attached hydrogen (secondary N) is 1. The van der Waals surface area contributed by atoms with Crippen molar-refractivity contribution in [3.05, 3.63) is 23.8 Å². The zero-order chi connectivity index (χ0) is 15.4. The molecule has 0 bridgehead atoms. The third-order valence-corrected chi connectivity index (χ3v) is 3.81. The Balaban J connectivity index is 2.37. The second-order valence-corrected chi connectivity index (χ2v) is 5.08. The number of rotatable bonds is 3. The van der Waals surface area contributed by atoms with Gasteiger partial charge in [-0.25, -0.2) is 4.79 Å². The summed E-state index contributed by atoms with van der Waals surface area (Å²) in [5, 5.41) is 2.69. The van der Waals surface area contributed by atoms with Crippen LogP contribution in [-0.4, -0.2) is 38.6 Å². The quantitative estimate of drug-likeness (QED) is 0.645. The fourth-order valence-corrected chi connectivity index (χ4v) is 2.70. The topological polar surface area (TPSA) is 84.7 Å². The minimum absolute atomic E-state index is 0.0300. The zero-order valence-corrected chi connectivity index (χ0v) is 12.4. The number of amides is 1. The number of hydrogen-bond donors (Lipinski definition) is 2. The molecule has 3 N–H and O–H groups in total. The van der Waals surface area contributed by atoms with Gasteiger partial charge in [-0.15, -0.1) is 0 Å². The number of nitrogens with zero attached hydrogens (tertiary/aromatic N) is 1. The van der Waals surface area contributed by atoms with Gasteiger partial charge in [-0.1, -0.05) is 0 Å². The Hall–Kier alpha value is -2.24. The largest absolute Gasteiger partial charge is 0.465 e. The van der Waals surface area contributed by atoms with Crippen molar-refractivity contribution in [2.45, 2.75) is 25.3 Å². The summed E-state index contributed by atoms with van der Waals surface area (Å²) in [7, 11) is 2.97. The number of hydrogen-bond acceptors (Lipinski definition) is 5. The molecule has 0 aliphatic carbocycles. The molecular weight excluding hydrogens is 270 g/mol. The molecule has 0 saturated carbocycles. The average Bonchev–Trinajstić information content (AvgIpc) is 2.53. The van der Waals surface area contributed by atoms with Crippen molar-refractivity contribution in [2.24, 2.45) is 0 Å². The van der Waals surface area contributed by atoms with Gasteiger partial charge in [0.05, 0.1) is 24.0 Å². The zero-order valence-electron chi connectivity index (χ0n) is 12.4. The lowest BCUT2D eigenvalue weighted by molar-refractivity contribution is -0.122. The number of anilines is 2. The van der Waals surface area contributed by atoms with Crippen molar-refractivity contribution in [1.82, 2.24) is 5.32 Å². The highest BCUT2D eigenvalue weighted by Crippen LogP contribution is 2.31. The Bertz CT molecular complexity index is 545. The summed E-state index contributed by atoms with van der Waals surface area (Å²) in [6.07, 6.45) is 2.78. The Morgan fingerprint density at radius 1 is 1.38 bits per heavy atom. The Morgan fingerprint density at radius 3 is 2.81 bits per heavy atom. The van der Waals surface area contributed by atoms with Crippen LogP contribution in [0.2, 0.25) is 0 Å². The summed E-state index contributed by atoms with van der Waals surface area (Å²) in [5.41, 5.74) is 7.74. The van der Waals surface area contributed by atoms with E-state index in [4.69, 9.17) is 10.5 Å². The monoisotopic (exact) mass is 291 g/mol. The minimum Gasteiger partial charge on any atom is -0.465 e. The lowest BCUT2D eigenvalue weighted by Gasteiger charge is -2.37. The summed E-state index contributed by atoms with van der Waals surface area (Å²) >= 11 is 0. The molecule has 0 radical (unpaired) electrons. The van der Waals surface area contributed by atoms with Crippen molar-refractivity contribution in [1.29, 1.82) is 0 Å². The van der Waals surface area contributed by atoms with Gasteiger partial charge in [-0.2, -0.15) is 0 Å². The second-order valence-electron chi connectivity index (χ2n) is 5.08. The number of benzene rings is 1. The van der Waals surface area contributed by atoms with E-state index in [1.54, 1.807) is 25.2 Å². The molecule has 2 rings (SSSR count). The molecule has 6 heteroatoms. The number of carbonyl (C=O) groups excluding carboxylic acids is 2. The van der Waals surface area contributed by atoms with Crippen LogP contribution in [0.15, 0.2) is 18.2 Å². The minimum atomic E-state index is -0.412.